The van der Waals surface area contributed by atoms with Crippen LogP contribution in [-0.4, -0.2) is 21.4 Å². The van der Waals surface area contributed by atoms with Gasteiger partial charge in [-0.2, -0.15) is 0 Å². The number of carbonyl (C=O) groups is 1. The molecule has 0 aliphatic carbocycles. The molecule has 0 aliphatic heterocycles. The first-order chi connectivity index (χ1) is 9.92. The summed E-state index contributed by atoms with van der Waals surface area (Å²) in [7, 11) is 0. The molecule has 5 heteroatoms. The van der Waals surface area contributed by atoms with Crippen molar-refractivity contribution >= 4 is 21.8 Å². The SMILES string of the molecule is CCn1cc(Br)cc1C(=O)N(Cc1ccc(C)o1)C(C)C. The maximum Gasteiger partial charge on any atom is 0.271 e. The molecule has 2 heterocycles. The fourth-order valence-electron chi connectivity index (χ4n) is 2.29. The number of aromatic nitrogens is 1. The number of rotatable bonds is 5. The number of furan rings is 1. The number of aryl methyl sites for hydroxylation is 2. The lowest BCUT2D eigenvalue weighted by molar-refractivity contribution is 0.0664. The molecule has 2 rings (SSSR count). The highest BCUT2D eigenvalue weighted by Crippen LogP contribution is 2.20. The quantitative estimate of drug-likeness (QED) is 0.807. The van der Waals surface area contributed by atoms with Crippen molar-refractivity contribution in [1.82, 2.24) is 9.47 Å². The monoisotopic (exact) mass is 352 g/mol. The number of amides is 1. The van der Waals surface area contributed by atoms with Crippen LogP contribution in [0.5, 0.6) is 0 Å². The van der Waals surface area contributed by atoms with Gasteiger partial charge in [0.1, 0.15) is 17.2 Å². The maximum absolute atomic E-state index is 12.8. The minimum Gasteiger partial charge on any atom is -0.464 e. The molecule has 0 saturated heterocycles. The molecule has 4 nitrogen and oxygen atoms in total. The van der Waals surface area contributed by atoms with Gasteiger partial charge in [0.2, 0.25) is 0 Å². The Morgan fingerprint density at radius 1 is 1.43 bits per heavy atom. The Labute approximate surface area is 133 Å². The van der Waals surface area contributed by atoms with E-state index >= 15 is 0 Å². The van der Waals surface area contributed by atoms with Gasteiger partial charge in [0.05, 0.1) is 6.54 Å². The molecular formula is C16H21BrN2O2. The van der Waals surface area contributed by atoms with E-state index in [9.17, 15) is 4.79 Å². The minimum atomic E-state index is 0.0200. The van der Waals surface area contributed by atoms with E-state index in [1.807, 2.05) is 61.6 Å². The molecule has 0 aliphatic rings. The second-order valence-electron chi connectivity index (χ2n) is 5.37. The lowest BCUT2D eigenvalue weighted by atomic mass is 10.2. The van der Waals surface area contributed by atoms with Crippen LogP contribution < -0.4 is 0 Å². The standard InChI is InChI=1S/C16H21BrN2O2/c1-5-18-9-13(17)8-15(18)16(20)19(11(2)3)10-14-7-6-12(4)21-14/h6-9,11H,5,10H2,1-4H3. The number of carbonyl (C=O) groups excluding carboxylic acids is 1. The van der Waals surface area contributed by atoms with Crippen molar-refractivity contribution in [3.63, 3.8) is 0 Å². The van der Waals surface area contributed by atoms with E-state index in [2.05, 4.69) is 15.9 Å². The molecule has 21 heavy (non-hydrogen) atoms. The third kappa shape index (κ3) is 3.59. The van der Waals surface area contributed by atoms with Gasteiger partial charge in [-0.15, -0.1) is 0 Å². The van der Waals surface area contributed by atoms with Crippen molar-refractivity contribution in [2.45, 2.75) is 46.8 Å². The van der Waals surface area contributed by atoms with E-state index in [1.165, 1.54) is 0 Å². The first-order valence-corrected chi connectivity index (χ1v) is 7.93. The molecule has 0 aromatic carbocycles. The van der Waals surface area contributed by atoms with Crippen LogP contribution in [0.4, 0.5) is 0 Å². The first kappa shape index (κ1) is 15.9. The summed E-state index contributed by atoms with van der Waals surface area (Å²) in [5, 5.41) is 0. The summed E-state index contributed by atoms with van der Waals surface area (Å²) >= 11 is 3.44. The summed E-state index contributed by atoms with van der Waals surface area (Å²) in [4.78, 5) is 14.7. The molecule has 1 amide bonds. The van der Waals surface area contributed by atoms with Crippen LogP contribution >= 0.6 is 15.9 Å². The van der Waals surface area contributed by atoms with Gasteiger partial charge in [0.25, 0.3) is 5.91 Å². The molecule has 0 radical (unpaired) electrons. The fourth-order valence-corrected chi connectivity index (χ4v) is 2.75. The molecule has 0 atom stereocenters. The van der Waals surface area contributed by atoms with E-state index in [0.29, 0.717) is 12.2 Å². The summed E-state index contributed by atoms with van der Waals surface area (Å²) < 4.78 is 8.48. The summed E-state index contributed by atoms with van der Waals surface area (Å²) in [6.45, 7) is 9.21. The predicted molar refractivity (Wildman–Crippen MR) is 86.3 cm³/mol. The van der Waals surface area contributed by atoms with Crippen LogP contribution in [0.15, 0.2) is 33.3 Å². The highest BCUT2D eigenvalue weighted by atomic mass is 79.9. The van der Waals surface area contributed by atoms with Gasteiger partial charge in [0.15, 0.2) is 0 Å². The smallest absolute Gasteiger partial charge is 0.271 e. The van der Waals surface area contributed by atoms with Crippen LogP contribution in [0.2, 0.25) is 0 Å². The molecule has 0 N–H and O–H groups in total. The molecule has 114 valence electrons. The largest absolute Gasteiger partial charge is 0.464 e. The third-order valence-corrected chi connectivity index (χ3v) is 3.86. The Balaban J connectivity index is 2.27. The Bertz CT molecular complexity index is 628. The molecule has 0 fully saturated rings. The van der Waals surface area contributed by atoms with Crippen molar-refractivity contribution < 1.29 is 9.21 Å². The minimum absolute atomic E-state index is 0.0200. The Morgan fingerprint density at radius 3 is 2.67 bits per heavy atom. The second kappa shape index (κ2) is 6.52. The highest BCUT2D eigenvalue weighted by Gasteiger charge is 2.23. The normalized spacial score (nSPS) is 11.1. The predicted octanol–water partition coefficient (Wildman–Crippen LogP) is 4.22. The topological polar surface area (TPSA) is 38.4 Å². The number of hydrogen-bond acceptors (Lipinski definition) is 2. The Hall–Kier alpha value is -1.49. The van der Waals surface area contributed by atoms with Crippen LogP contribution in [0.3, 0.4) is 0 Å². The van der Waals surface area contributed by atoms with Gasteiger partial charge in [-0.25, -0.2) is 0 Å². The summed E-state index contributed by atoms with van der Waals surface area (Å²) in [5.41, 5.74) is 0.696. The number of hydrogen-bond donors (Lipinski definition) is 0. The maximum atomic E-state index is 12.8. The van der Waals surface area contributed by atoms with E-state index in [0.717, 1.165) is 22.5 Å². The van der Waals surface area contributed by atoms with E-state index in [-0.39, 0.29) is 11.9 Å². The third-order valence-electron chi connectivity index (χ3n) is 3.43. The van der Waals surface area contributed by atoms with Gasteiger partial charge in [-0.05, 0) is 61.8 Å². The molecule has 0 bridgehead atoms. The Morgan fingerprint density at radius 2 is 2.14 bits per heavy atom. The van der Waals surface area contributed by atoms with Crippen molar-refractivity contribution in [3.05, 3.63) is 46.1 Å². The van der Waals surface area contributed by atoms with Crippen LogP contribution in [0, 0.1) is 6.92 Å². The zero-order valence-electron chi connectivity index (χ0n) is 12.9. The summed E-state index contributed by atoms with van der Waals surface area (Å²) in [6, 6.07) is 5.81. The molecule has 0 unspecified atom stereocenters. The van der Waals surface area contributed by atoms with E-state index in [4.69, 9.17) is 4.42 Å². The van der Waals surface area contributed by atoms with Crippen LogP contribution in [0.25, 0.3) is 0 Å². The molecule has 0 spiro atoms. The van der Waals surface area contributed by atoms with Gasteiger partial charge in [-0.3, -0.25) is 4.79 Å². The average molecular weight is 353 g/mol. The van der Waals surface area contributed by atoms with Crippen LogP contribution in [-0.2, 0) is 13.1 Å². The van der Waals surface area contributed by atoms with E-state index in [1.54, 1.807) is 0 Å². The lowest BCUT2D eigenvalue weighted by Crippen LogP contribution is -2.37. The summed E-state index contributed by atoms with van der Waals surface area (Å²) in [5.74, 6) is 1.69. The first-order valence-electron chi connectivity index (χ1n) is 7.14. The van der Waals surface area contributed by atoms with Crippen molar-refractivity contribution in [3.8, 4) is 0 Å². The fraction of sp³-hybridized carbons (Fsp3) is 0.438. The number of nitrogens with zero attached hydrogens (tertiary/aromatic N) is 2. The summed E-state index contributed by atoms with van der Waals surface area (Å²) in [6.07, 6.45) is 1.93. The second-order valence-corrected chi connectivity index (χ2v) is 6.28. The van der Waals surface area contributed by atoms with Gasteiger partial charge >= 0.3 is 0 Å². The van der Waals surface area contributed by atoms with Crippen molar-refractivity contribution in [2.75, 3.05) is 0 Å². The zero-order valence-corrected chi connectivity index (χ0v) is 14.5. The van der Waals surface area contributed by atoms with Gasteiger partial charge in [-0.1, -0.05) is 0 Å². The molecule has 2 aromatic rings. The molecule has 0 saturated carbocycles. The van der Waals surface area contributed by atoms with Crippen LogP contribution in [0.1, 0.15) is 42.8 Å². The highest BCUT2D eigenvalue weighted by molar-refractivity contribution is 9.10. The Kier molecular flexibility index (Phi) is 4.93. The van der Waals surface area contributed by atoms with Crippen molar-refractivity contribution in [1.29, 1.82) is 0 Å². The van der Waals surface area contributed by atoms with Crippen molar-refractivity contribution in [2.24, 2.45) is 0 Å². The lowest BCUT2D eigenvalue weighted by Gasteiger charge is -2.26. The molecule has 2 aromatic heterocycles. The number of halogens is 1. The van der Waals surface area contributed by atoms with Gasteiger partial charge in [0, 0.05) is 23.3 Å². The zero-order chi connectivity index (χ0) is 15.6. The average Bonchev–Trinajstić information content (AvgIpc) is 3.00. The van der Waals surface area contributed by atoms with Gasteiger partial charge < -0.3 is 13.9 Å². The van der Waals surface area contributed by atoms with E-state index < -0.39 is 0 Å². The molecular weight excluding hydrogens is 332 g/mol.